The third kappa shape index (κ3) is 2.60. The van der Waals surface area contributed by atoms with E-state index in [1.165, 1.54) is 0 Å². The molecule has 0 spiro atoms. The molecule has 1 amide bonds. The fourth-order valence-electron chi connectivity index (χ4n) is 1.79. The van der Waals surface area contributed by atoms with Gasteiger partial charge < -0.3 is 10.2 Å². The SMILES string of the molecule is CCN1CCC(=NC=O)CC1C(O)O. The van der Waals surface area contributed by atoms with Crippen LogP contribution >= 0.6 is 0 Å². The van der Waals surface area contributed by atoms with Crippen molar-refractivity contribution in [1.29, 1.82) is 0 Å². The first kappa shape index (κ1) is 11.3. The molecule has 0 aromatic heterocycles. The zero-order valence-electron chi connectivity index (χ0n) is 8.26. The lowest BCUT2D eigenvalue weighted by atomic mass is 9.99. The predicted molar refractivity (Wildman–Crippen MR) is 52.0 cm³/mol. The second kappa shape index (κ2) is 5.19. The average Bonchev–Trinajstić information content (AvgIpc) is 2.18. The Morgan fingerprint density at radius 3 is 2.93 bits per heavy atom. The Kier molecular flexibility index (Phi) is 4.19. The molecule has 1 aliphatic rings. The van der Waals surface area contributed by atoms with E-state index in [4.69, 9.17) is 10.2 Å². The summed E-state index contributed by atoms with van der Waals surface area (Å²) in [6, 6.07) is -0.326. The van der Waals surface area contributed by atoms with Gasteiger partial charge in [-0.2, -0.15) is 0 Å². The van der Waals surface area contributed by atoms with Crippen molar-refractivity contribution < 1.29 is 15.0 Å². The Morgan fingerprint density at radius 2 is 2.43 bits per heavy atom. The number of nitrogens with zero attached hydrogens (tertiary/aromatic N) is 2. The Hall–Kier alpha value is -0.780. The van der Waals surface area contributed by atoms with E-state index < -0.39 is 6.29 Å². The van der Waals surface area contributed by atoms with E-state index in [0.29, 0.717) is 12.8 Å². The van der Waals surface area contributed by atoms with Crippen LogP contribution in [-0.4, -0.2) is 52.7 Å². The number of aliphatic hydroxyl groups excluding tert-OH is 1. The molecule has 0 bridgehead atoms. The molecule has 1 rings (SSSR count). The zero-order chi connectivity index (χ0) is 10.6. The summed E-state index contributed by atoms with van der Waals surface area (Å²) in [5.74, 6) is 0. The molecule has 1 saturated heterocycles. The third-order valence-corrected chi connectivity index (χ3v) is 2.59. The number of carbonyl (C=O) groups excluding carboxylic acids is 1. The summed E-state index contributed by atoms with van der Waals surface area (Å²) < 4.78 is 0. The summed E-state index contributed by atoms with van der Waals surface area (Å²) in [6.45, 7) is 3.47. The van der Waals surface area contributed by atoms with Gasteiger partial charge in [-0.1, -0.05) is 6.92 Å². The molecule has 0 aromatic carbocycles. The first-order valence-electron chi connectivity index (χ1n) is 4.78. The lowest BCUT2D eigenvalue weighted by Crippen LogP contribution is -2.49. The Balaban J connectivity index is 2.66. The summed E-state index contributed by atoms with van der Waals surface area (Å²) in [6.07, 6.45) is 0.338. The minimum atomic E-state index is -1.37. The highest BCUT2D eigenvalue weighted by molar-refractivity contribution is 5.90. The lowest BCUT2D eigenvalue weighted by Gasteiger charge is -2.36. The minimum absolute atomic E-state index is 0.326. The number of likely N-dealkylation sites (N-methyl/N-ethyl adjacent to an activating group) is 1. The first-order valence-corrected chi connectivity index (χ1v) is 4.78. The predicted octanol–water partition coefficient (Wildman–Crippen LogP) is -0.621. The molecule has 5 nitrogen and oxygen atoms in total. The zero-order valence-corrected chi connectivity index (χ0v) is 8.26. The standard InChI is InChI=1S/C9H16N2O3/c1-2-11-4-3-7(10-6-12)5-8(11)9(13)14/h6,8-9,13-14H,2-5H2,1H3. The second-order valence-electron chi connectivity index (χ2n) is 3.36. The number of piperidine rings is 1. The van der Waals surface area contributed by atoms with Crippen molar-refractivity contribution in [2.24, 2.45) is 4.99 Å². The van der Waals surface area contributed by atoms with Crippen LogP contribution in [0.4, 0.5) is 0 Å². The summed E-state index contributed by atoms with van der Waals surface area (Å²) >= 11 is 0. The van der Waals surface area contributed by atoms with Gasteiger partial charge in [0.15, 0.2) is 6.29 Å². The molecule has 0 aliphatic carbocycles. The second-order valence-corrected chi connectivity index (χ2v) is 3.36. The highest BCUT2D eigenvalue weighted by Gasteiger charge is 2.29. The molecule has 2 N–H and O–H groups in total. The molecular formula is C9H16N2O3. The van der Waals surface area contributed by atoms with Crippen molar-refractivity contribution >= 4 is 12.1 Å². The van der Waals surface area contributed by atoms with Gasteiger partial charge in [-0.15, -0.1) is 0 Å². The van der Waals surface area contributed by atoms with Gasteiger partial charge in [0.1, 0.15) is 0 Å². The largest absolute Gasteiger partial charge is 0.367 e. The van der Waals surface area contributed by atoms with Crippen LogP contribution < -0.4 is 0 Å². The summed E-state index contributed by atoms with van der Waals surface area (Å²) in [7, 11) is 0. The molecule has 0 radical (unpaired) electrons. The van der Waals surface area contributed by atoms with Gasteiger partial charge in [0.25, 0.3) is 0 Å². The number of hydrogen-bond acceptors (Lipinski definition) is 4. The third-order valence-electron chi connectivity index (χ3n) is 2.59. The molecule has 0 saturated carbocycles. The van der Waals surface area contributed by atoms with E-state index in [1.807, 2.05) is 11.8 Å². The van der Waals surface area contributed by atoms with Gasteiger partial charge in [0.2, 0.25) is 6.41 Å². The van der Waals surface area contributed by atoms with Crippen LogP contribution in [0, 0.1) is 0 Å². The van der Waals surface area contributed by atoms with Crippen LogP contribution in [0.15, 0.2) is 4.99 Å². The van der Waals surface area contributed by atoms with Gasteiger partial charge >= 0.3 is 0 Å². The van der Waals surface area contributed by atoms with E-state index in [1.54, 1.807) is 0 Å². The number of aliphatic hydroxyl groups is 2. The number of aliphatic imine (C=N–C) groups is 1. The van der Waals surface area contributed by atoms with E-state index >= 15 is 0 Å². The molecule has 1 aliphatic heterocycles. The minimum Gasteiger partial charge on any atom is -0.367 e. The van der Waals surface area contributed by atoms with E-state index in [2.05, 4.69) is 4.99 Å². The van der Waals surface area contributed by atoms with Crippen molar-refractivity contribution in [3.8, 4) is 0 Å². The maximum absolute atomic E-state index is 10.2. The Morgan fingerprint density at radius 1 is 1.71 bits per heavy atom. The summed E-state index contributed by atoms with van der Waals surface area (Å²) in [4.78, 5) is 15.8. The van der Waals surface area contributed by atoms with E-state index in [9.17, 15) is 4.79 Å². The Labute approximate surface area is 83.1 Å². The molecular weight excluding hydrogens is 184 g/mol. The van der Waals surface area contributed by atoms with Gasteiger partial charge in [-0.3, -0.25) is 9.69 Å². The van der Waals surface area contributed by atoms with Crippen molar-refractivity contribution in [3.63, 3.8) is 0 Å². The molecule has 1 heterocycles. The normalized spacial score (nSPS) is 27.1. The lowest BCUT2D eigenvalue weighted by molar-refractivity contribution is -0.107. The number of hydrogen-bond donors (Lipinski definition) is 2. The molecule has 1 fully saturated rings. The molecule has 80 valence electrons. The number of carbonyl (C=O) groups is 1. The van der Waals surface area contributed by atoms with Crippen LogP contribution in [0.3, 0.4) is 0 Å². The molecule has 14 heavy (non-hydrogen) atoms. The van der Waals surface area contributed by atoms with Crippen molar-refractivity contribution in [2.75, 3.05) is 13.1 Å². The van der Waals surface area contributed by atoms with Crippen LogP contribution in [0.2, 0.25) is 0 Å². The van der Waals surface area contributed by atoms with Gasteiger partial charge in [-0.25, -0.2) is 4.99 Å². The molecule has 1 unspecified atom stereocenters. The van der Waals surface area contributed by atoms with Gasteiger partial charge in [-0.05, 0) is 13.0 Å². The number of likely N-dealkylation sites (tertiary alicyclic amines) is 1. The van der Waals surface area contributed by atoms with Gasteiger partial charge in [0.05, 0.1) is 6.04 Å². The number of rotatable bonds is 3. The van der Waals surface area contributed by atoms with E-state index in [-0.39, 0.29) is 6.04 Å². The molecule has 1 atom stereocenters. The summed E-state index contributed by atoms with van der Waals surface area (Å²) in [5.41, 5.74) is 0.753. The summed E-state index contributed by atoms with van der Waals surface area (Å²) in [5, 5.41) is 18.3. The quantitative estimate of drug-likeness (QED) is 0.470. The molecule has 5 heteroatoms. The van der Waals surface area contributed by atoms with Gasteiger partial charge in [0, 0.05) is 18.7 Å². The monoisotopic (exact) mass is 200 g/mol. The fraction of sp³-hybridized carbons (Fsp3) is 0.778. The maximum Gasteiger partial charge on any atom is 0.232 e. The van der Waals surface area contributed by atoms with Crippen molar-refractivity contribution in [3.05, 3.63) is 0 Å². The van der Waals surface area contributed by atoms with Crippen LogP contribution in [0.25, 0.3) is 0 Å². The Bertz CT molecular complexity index is 228. The molecule has 0 aromatic rings. The fourth-order valence-corrected chi connectivity index (χ4v) is 1.79. The van der Waals surface area contributed by atoms with Crippen molar-refractivity contribution in [2.45, 2.75) is 32.1 Å². The highest BCUT2D eigenvalue weighted by Crippen LogP contribution is 2.16. The smallest absolute Gasteiger partial charge is 0.232 e. The van der Waals surface area contributed by atoms with Crippen molar-refractivity contribution in [1.82, 2.24) is 4.90 Å². The topological polar surface area (TPSA) is 73.1 Å². The van der Waals surface area contributed by atoms with E-state index in [0.717, 1.165) is 25.2 Å². The number of amides is 1. The maximum atomic E-state index is 10.2. The first-order chi connectivity index (χ1) is 6.69. The highest BCUT2D eigenvalue weighted by atomic mass is 16.5. The van der Waals surface area contributed by atoms with Crippen LogP contribution in [-0.2, 0) is 4.79 Å². The van der Waals surface area contributed by atoms with Crippen LogP contribution in [0.5, 0.6) is 0 Å². The van der Waals surface area contributed by atoms with Crippen LogP contribution in [0.1, 0.15) is 19.8 Å². The average molecular weight is 200 g/mol.